The summed E-state index contributed by atoms with van der Waals surface area (Å²) in [5.74, 6) is 0.795. The predicted octanol–water partition coefficient (Wildman–Crippen LogP) is 3.78. The standard InChI is InChI=1S/C20H24BrN5/c1-15(8-9-16-6-4-3-5-7-16)24-20(22-2)23-12-18-14-26-13-17(21)10-11-19(26)25-18/h3-7,10-11,13-15H,8-9,12H2,1-2H3,(H2,22,23,24). The van der Waals surface area contributed by atoms with E-state index in [0.29, 0.717) is 12.6 Å². The van der Waals surface area contributed by atoms with E-state index in [9.17, 15) is 0 Å². The fourth-order valence-electron chi connectivity index (χ4n) is 2.80. The van der Waals surface area contributed by atoms with Crippen LogP contribution in [0.2, 0.25) is 0 Å². The van der Waals surface area contributed by atoms with Crippen molar-refractivity contribution in [2.75, 3.05) is 7.05 Å². The number of hydrogen-bond donors (Lipinski definition) is 2. The van der Waals surface area contributed by atoms with Crippen LogP contribution in [-0.4, -0.2) is 28.4 Å². The van der Waals surface area contributed by atoms with Gasteiger partial charge in [-0.15, -0.1) is 0 Å². The van der Waals surface area contributed by atoms with Gasteiger partial charge in [0.1, 0.15) is 5.65 Å². The molecule has 26 heavy (non-hydrogen) atoms. The van der Waals surface area contributed by atoms with Gasteiger partial charge in [0.15, 0.2) is 5.96 Å². The van der Waals surface area contributed by atoms with E-state index in [1.54, 1.807) is 7.05 Å². The van der Waals surface area contributed by atoms with Gasteiger partial charge in [-0.25, -0.2) is 4.98 Å². The molecule has 136 valence electrons. The molecule has 3 rings (SSSR count). The Morgan fingerprint density at radius 1 is 1.19 bits per heavy atom. The maximum Gasteiger partial charge on any atom is 0.191 e. The highest BCUT2D eigenvalue weighted by molar-refractivity contribution is 9.10. The van der Waals surface area contributed by atoms with E-state index in [-0.39, 0.29) is 0 Å². The van der Waals surface area contributed by atoms with Crippen molar-refractivity contribution in [2.24, 2.45) is 4.99 Å². The molecule has 0 radical (unpaired) electrons. The third-order valence-electron chi connectivity index (χ3n) is 4.22. The molecule has 2 heterocycles. The molecule has 0 amide bonds. The lowest BCUT2D eigenvalue weighted by Gasteiger charge is -2.17. The quantitative estimate of drug-likeness (QED) is 0.477. The Balaban J connectivity index is 1.50. The first-order valence-electron chi connectivity index (χ1n) is 8.78. The van der Waals surface area contributed by atoms with E-state index in [0.717, 1.165) is 34.6 Å². The zero-order valence-corrected chi connectivity index (χ0v) is 16.7. The second kappa shape index (κ2) is 8.85. The van der Waals surface area contributed by atoms with Gasteiger partial charge in [-0.05, 0) is 53.4 Å². The molecule has 1 aromatic carbocycles. The van der Waals surface area contributed by atoms with Crippen molar-refractivity contribution in [1.29, 1.82) is 0 Å². The van der Waals surface area contributed by atoms with Gasteiger partial charge in [0, 0.05) is 30.0 Å². The number of aromatic nitrogens is 2. The topological polar surface area (TPSA) is 53.7 Å². The maximum atomic E-state index is 4.61. The van der Waals surface area contributed by atoms with E-state index in [1.165, 1.54) is 5.56 Å². The molecule has 6 heteroatoms. The normalized spacial score (nSPS) is 13.0. The molecule has 0 spiro atoms. The number of fused-ring (bicyclic) bond motifs is 1. The summed E-state index contributed by atoms with van der Waals surface area (Å²) in [5.41, 5.74) is 3.27. The Bertz CT molecular complexity index is 872. The van der Waals surface area contributed by atoms with Crippen LogP contribution < -0.4 is 10.6 Å². The minimum Gasteiger partial charge on any atom is -0.354 e. The van der Waals surface area contributed by atoms with E-state index in [2.05, 4.69) is 73.8 Å². The Morgan fingerprint density at radius 3 is 2.77 bits per heavy atom. The number of halogens is 1. The smallest absolute Gasteiger partial charge is 0.191 e. The van der Waals surface area contributed by atoms with Crippen LogP contribution in [0.15, 0.2) is 64.3 Å². The number of imidazole rings is 1. The summed E-state index contributed by atoms with van der Waals surface area (Å²) < 4.78 is 3.05. The number of benzene rings is 1. The first kappa shape index (κ1) is 18.5. The summed E-state index contributed by atoms with van der Waals surface area (Å²) in [6.45, 7) is 2.81. The Morgan fingerprint density at radius 2 is 2.00 bits per heavy atom. The van der Waals surface area contributed by atoms with Gasteiger partial charge < -0.3 is 15.0 Å². The van der Waals surface area contributed by atoms with Gasteiger partial charge >= 0.3 is 0 Å². The summed E-state index contributed by atoms with van der Waals surface area (Å²) >= 11 is 3.48. The number of rotatable bonds is 6. The molecular weight excluding hydrogens is 390 g/mol. The zero-order valence-electron chi connectivity index (χ0n) is 15.1. The van der Waals surface area contributed by atoms with E-state index in [4.69, 9.17) is 0 Å². The third-order valence-corrected chi connectivity index (χ3v) is 4.69. The Hall–Kier alpha value is -2.34. The lowest BCUT2D eigenvalue weighted by Crippen LogP contribution is -2.42. The minimum atomic E-state index is 0.332. The SMILES string of the molecule is CN=C(NCc1cn2cc(Br)ccc2n1)NC(C)CCc1ccccc1. The molecule has 5 nitrogen and oxygen atoms in total. The zero-order chi connectivity index (χ0) is 18.4. The number of aryl methyl sites for hydroxylation is 1. The van der Waals surface area contributed by atoms with E-state index < -0.39 is 0 Å². The van der Waals surface area contributed by atoms with Crippen molar-refractivity contribution in [3.8, 4) is 0 Å². The van der Waals surface area contributed by atoms with Crippen LogP contribution in [0.4, 0.5) is 0 Å². The third kappa shape index (κ3) is 5.08. The maximum absolute atomic E-state index is 4.61. The highest BCUT2D eigenvalue weighted by atomic mass is 79.9. The molecule has 0 aliphatic carbocycles. The number of guanidine groups is 1. The van der Waals surface area contributed by atoms with Gasteiger partial charge in [0.2, 0.25) is 0 Å². The molecule has 3 aromatic rings. The highest BCUT2D eigenvalue weighted by Crippen LogP contribution is 2.12. The van der Waals surface area contributed by atoms with Gasteiger partial charge in [0.25, 0.3) is 0 Å². The molecule has 0 aliphatic heterocycles. The van der Waals surface area contributed by atoms with Gasteiger partial charge in [-0.3, -0.25) is 4.99 Å². The van der Waals surface area contributed by atoms with Crippen molar-refractivity contribution in [3.05, 3.63) is 70.6 Å². The van der Waals surface area contributed by atoms with Gasteiger partial charge in [0.05, 0.1) is 12.2 Å². The van der Waals surface area contributed by atoms with Crippen molar-refractivity contribution in [2.45, 2.75) is 32.4 Å². The summed E-state index contributed by atoms with van der Waals surface area (Å²) in [5, 5.41) is 6.79. The second-order valence-corrected chi connectivity index (χ2v) is 7.26. The number of nitrogens with one attached hydrogen (secondary N) is 2. The fourth-order valence-corrected chi connectivity index (χ4v) is 3.16. The molecule has 0 saturated heterocycles. The lowest BCUT2D eigenvalue weighted by atomic mass is 10.1. The van der Waals surface area contributed by atoms with Gasteiger partial charge in [-0.1, -0.05) is 30.3 Å². The minimum absolute atomic E-state index is 0.332. The van der Waals surface area contributed by atoms with Crippen LogP contribution in [0.25, 0.3) is 5.65 Å². The Kier molecular flexibility index (Phi) is 6.28. The molecule has 0 fully saturated rings. The average molecular weight is 414 g/mol. The van der Waals surface area contributed by atoms with Crippen molar-refractivity contribution >= 4 is 27.5 Å². The molecular formula is C20H24BrN5. The highest BCUT2D eigenvalue weighted by Gasteiger charge is 2.07. The molecule has 1 unspecified atom stereocenters. The molecule has 2 N–H and O–H groups in total. The lowest BCUT2D eigenvalue weighted by molar-refractivity contribution is 0.592. The molecule has 0 aliphatic rings. The molecule has 1 atom stereocenters. The van der Waals surface area contributed by atoms with Crippen LogP contribution in [0.3, 0.4) is 0 Å². The fraction of sp³-hybridized carbons (Fsp3) is 0.300. The first-order chi connectivity index (χ1) is 12.6. The van der Waals surface area contributed by atoms with Crippen LogP contribution in [-0.2, 0) is 13.0 Å². The van der Waals surface area contributed by atoms with Crippen LogP contribution in [0, 0.1) is 0 Å². The first-order valence-corrected chi connectivity index (χ1v) is 9.57. The van der Waals surface area contributed by atoms with E-state index >= 15 is 0 Å². The second-order valence-electron chi connectivity index (χ2n) is 6.34. The van der Waals surface area contributed by atoms with Crippen molar-refractivity contribution in [3.63, 3.8) is 0 Å². The summed E-state index contributed by atoms with van der Waals surface area (Å²) in [7, 11) is 1.79. The largest absolute Gasteiger partial charge is 0.354 e. The van der Waals surface area contributed by atoms with Crippen LogP contribution >= 0.6 is 15.9 Å². The van der Waals surface area contributed by atoms with E-state index in [1.807, 2.05) is 28.9 Å². The van der Waals surface area contributed by atoms with Crippen LogP contribution in [0.5, 0.6) is 0 Å². The summed E-state index contributed by atoms with van der Waals surface area (Å²) in [6, 6.07) is 14.9. The van der Waals surface area contributed by atoms with Crippen molar-refractivity contribution in [1.82, 2.24) is 20.0 Å². The predicted molar refractivity (Wildman–Crippen MR) is 110 cm³/mol. The number of nitrogens with zero attached hydrogens (tertiary/aromatic N) is 3. The summed E-state index contributed by atoms with van der Waals surface area (Å²) in [6.07, 6.45) is 6.13. The van der Waals surface area contributed by atoms with Gasteiger partial charge in [-0.2, -0.15) is 0 Å². The Labute approximate surface area is 162 Å². The van der Waals surface area contributed by atoms with Crippen LogP contribution in [0.1, 0.15) is 24.6 Å². The monoisotopic (exact) mass is 413 g/mol. The number of aliphatic imine (C=N–C) groups is 1. The average Bonchev–Trinajstić information content (AvgIpc) is 3.06. The number of pyridine rings is 1. The molecule has 0 saturated carbocycles. The number of hydrogen-bond acceptors (Lipinski definition) is 2. The molecule has 0 bridgehead atoms. The molecule has 2 aromatic heterocycles. The summed E-state index contributed by atoms with van der Waals surface area (Å²) in [4.78, 5) is 8.93. The van der Waals surface area contributed by atoms with Crippen molar-refractivity contribution < 1.29 is 0 Å².